The number of hydrogen-bond donors (Lipinski definition) is 2. The highest BCUT2D eigenvalue weighted by atomic mass is 127. The Balaban J connectivity index is 0.00000264. The second kappa shape index (κ2) is 10.1. The second-order valence-corrected chi connectivity index (χ2v) is 6.55. The summed E-state index contributed by atoms with van der Waals surface area (Å²) in [5, 5.41) is 3.30. The maximum Gasteiger partial charge on any atom is 0.188 e. The summed E-state index contributed by atoms with van der Waals surface area (Å²) in [6, 6.07) is 9.28. The first-order chi connectivity index (χ1) is 10.6. The SMILES string of the molecule is CCC(CNC(N)=NCC(C)C)N1CCc2ccccc2C1.I. The summed E-state index contributed by atoms with van der Waals surface area (Å²) in [6.07, 6.45) is 2.26. The molecule has 23 heavy (non-hydrogen) atoms. The van der Waals surface area contributed by atoms with Crippen LogP contribution in [0, 0.1) is 5.92 Å². The third-order valence-corrected chi connectivity index (χ3v) is 4.29. The van der Waals surface area contributed by atoms with E-state index in [1.165, 1.54) is 11.1 Å². The van der Waals surface area contributed by atoms with Gasteiger partial charge in [0.25, 0.3) is 0 Å². The van der Waals surface area contributed by atoms with Crippen LogP contribution in [0.5, 0.6) is 0 Å². The van der Waals surface area contributed by atoms with Gasteiger partial charge < -0.3 is 11.1 Å². The molecule has 1 atom stereocenters. The molecule has 4 nitrogen and oxygen atoms in total. The summed E-state index contributed by atoms with van der Waals surface area (Å²) in [5.74, 6) is 1.12. The van der Waals surface area contributed by atoms with E-state index in [4.69, 9.17) is 5.73 Å². The molecule has 1 aliphatic heterocycles. The Morgan fingerprint density at radius 1 is 1.30 bits per heavy atom. The molecule has 0 bridgehead atoms. The van der Waals surface area contributed by atoms with Crippen LogP contribution in [0.4, 0.5) is 0 Å². The summed E-state index contributed by atoms with van der Waals surface area (Å²) in [7, 11) is 0. The molecule has 0 saturated carbocycles. The van der Waals surface area contributed by atoms with E-state index in [0.29, 0.717) is 17.9 Å². The standard InChI is InChI=1S/C18H30N4.HI/c1-4-17(12-21-18(19)20-11-14(2)3)22-10-9-15-7-5-6-8-16(15)13-22;/h5-8,14,17H,4,9-13H2,1-3H3,(H3,19,20,21);1H. The summed E-state index contributed by atoms with van der Waals surface area (Å²) in [5.41, 5.74) is 8.92. The number of nitrogens with zero attached hydrogens (tertiary/aromatic N) is 2. The fourth-order valence-corrected chi connectivity index (χ4v) is 2.92. The van der Waals surface area contributed by atoms with Gasteiger partial charge in [0, 0.05) is 32.2 Å². The van der Waals surface area contributed by atoms with Gasteiger partial charge in [-0.2, -0.15) is 0 Å². The Morgan fingerprint density at radius 3 is 2.65 bits per heavy atom. The minimum Gasteiger partial charge on any atom is -0.370 e. The average molecular weight is 430 g/mol. The summed E-state index contributed by atoms with van der Waals surface area (Å²) in [4.78, 5) is 6.94. The van der Waals surface area contributed by atoms with Gasteiger partial charge in [0.1, 0.15) is 0 Å². The van der Waals surface area contributed by atoms with Gasteiger partial charge in [-0.1, -0.05) is 45.0 Å². The number of rotatable bonds is 6. The second-order valence-electron chi connectivity index (χ2n) is 6.55. The van der Waals surface area contributed by atoms with Gasteiger partial charge in [0.05, 0.1) is 0 Å². The normalized spacial score (nSPS) is 16.6. The molecular weight excluding hydrogens is 399 g/mol. The fourth-order valence-electron chi connectivity index (χ4n) is 2.92. The monoisotopic (exact) mass is 430 g/mol. The topological polar surface area (TPSA) is 53.6 Å². The van der Waals surface area contributed by atoms with E-state index in [9.17, 15) is 0 Å². The van der Waals surface area contributed by atoms with Crippen molar-refractivity contribution in [3.8, 4) is 0 Å². The molecule has 1 unspecified atom stereocenters. The van der Waals surface area contributed by atoms with Crippen molar-refractivity contribution in [2.45, 2.75) is 46.2 Å². The van der Waals surface area contributed by atoms with Crippen LogP contribution in [0.1, 0.15) is 38.3 Å². The average Bonchev–Trinajstić information content (AvgIpc) is 2.53. The first-order valence-corrected chi connectivity index (χ1v) is 8.44. The van der Waals surface area contributed by atoms with Gasteiger partial charge in [0.2, 0.25) is 0 Å². The number of aliphatic imine (C=N–C) groups is 1. The molecule has 1 heterocycles. The summed E-state index contributed by atoms with van der Waals surface area (Å²) >= 11 is 0. The van der Waals surface area contributed by atoms with Crippen LogP contribution in [-0.4, -0.2) is 36.5 Å². The Labute approximate surface area is 157 Å². The minimum atomic E-state index is 0. The third-order valence-electron chi connectivity index (χ3n) is 4.29. The number of halogens is 1. The van der Waals surface area contributed by atoms with Crippen molar-refractivity contribution >= 4 is 29.9 Å². The van der Waals surface area contributed by atoms with E-state index in [2.05, 4.69) is 60.2 Å². The number of nitrogens with two attached hydrogens (primary N) is 1. The smallest absolute Gasteiger partial charge is 0.188 e. The maximum atomic E-state index is 5.95. The molecule has 3 N–H and O–H groups in total. The molecule has 2 rings (SSSR count). The molecule has 0 aliphatic carbocycles. The van der Waals surface area contributed by atoms with Crippen molar-refractivity contribution in [2.24, 2.45) is 16.6 Å². The molecule has 0 radical (unpaired) electrons. The van der Waals surface area contributed by atoms with Gasteiger partial charge in [-0.15, -0.1) is 24.0 Å². The van der Waals surface area contributed by atoms with Gasteiger partial charge >= 0.3 is 0 Å². The van der Waals surface area contributed by atoms with Gasteiger partial charge in [0.15, 0.2) is 5.96 Å². The Hall–Kier alpha value is -0.820. The lowest BCUT2D eigenvalue weighted by atomic mass is 9.98. The van der Waals surface area contributed by atoms with Gasteiger partial charge in [-0.25, -0.2) is 0 Å². The maximum absolute atomic E-state index is 5.95. The quantitative estimate of drug-likeness (QED) is 0.415. The predicted molar refractivity (Wildman–Crippen MR) is 109 cm³/mol. The number of fused-ring (bicyclic) bond motifs is 1. The zero-order valence-electron chi connectivity index (χ0n) is 14.6. The molecule has 0 saturated heterocycles. The number of hydrogen-bond acceptors (Lipinski definition) is 2. The van der Waals surface area contributed by atoms with Crippen LogP contribution in [-0.2, 0) is 13.0 Å². The van der Waals surface area contributed by atoms with E-state index in [1.807, 2.05) is 0 Å². The number of benzene rings is 1. The fraction of sp³-hybridized carbons (Fsp3) is 0.611. The predicted octanol–water partition coefficient (Wildman–Crippen LogP) is 3.00. The molecule has 5 heteroatoms. The number of nitrogens with one attached hydrogen (secondary N) is 1. The molecule has 0 aromatic heterocycles. The summed E-state index contributed by atoms with van der Waals surface area (Å²) < 4.78 is 0. The minimum absolute atomic E-state index is 0. The van der Waals surface area contributed by atoms with Crippen LogP contribution in [0.2, 0.25) is 0 Å². The molecule has 0 fully saturated rings. The molecule has 0 spiro atoms. The first kappa shape index (κ1) is 20.2. The molecule has 1 aromatic rings. The first-order valence-electron chi connectivity index (χ1n) is 8.44. The van der Waals surface area contributed by atoms with Crippen molar-refractivity contribution in [1.82, 2.24) is 10.2 Å². The van der Waals surface area contributed by atoms with Crippen molar-refractivity contribution < 1.29 is 0 Å². The van der Waals surface area contributed by atoms with Crippen LogP contribution in [0.15, 0.2) is 29.3 Å². The van der Waals surface area contributed by atoms with Crippen LogP contribution in [0.25, 0.3) is 0 Å². The molecule has 1 aromatic carbocycles. The number of guanidine groups is 1. The van der Waals surface area contributed by atoms with E-state index in [-0.39, 0.29) is 24.0 Å². The molecule has 1 aliphatic rings. The van der Waals surface area contributed by atoms with E-state index in [0.717, 1.165) is 39.0 Å². The summed E-state index contributed by atoms with van der Waals surface area (Å²) in [6.45, 7) is 10.4. The highest BCUT2D eigenvalue weighted by molar-refractivity contribution is 14.0. The Morgan fingerprint density at radius 2 is 2.00 bits per heavy atom. The largest absolute Gasteiger partial charge is 0.370 e. The zero-order chi connectivity index (χ0) is 15.9. The Bertz CT molecular complexity index is 502. The van der Waals surface area contributed by atoms with Gasteiger partial charge in [-0.3, -0.25) is 9.89 Å². The van der Waals surface area contributed by atoms with E-state index in [1.54, 1.807) is 0 Å². The lowest BCUT2D eigenvalue weighted by Gasteiger charge is -2.35. The zero-order valence-corrected chi connectivity index (χ0v) is 16.9. The highest BCUT2D eigenvalue weighted by Crippen LogP contribution is 2.21. The van der Waals surface area contributed by atoms with Crippen molar-refractivity contribution in [1.29, 1.82) is 0 Å². The molecule has 0 amide bonds. The highest BCUT2D eigenvalue weighted by Gasteiger charge is 2.22. The molecular formula is C18H31IN4. The van der Waals surface area contributed by atoms with Crippen molar-refractivity contribution in [3.63, 3.8) is 0 Å². The van der Waals surface area contributed by atoms with Gasteiger partial charge in [-0.05, 0) is 29.9 Å². The van der Waals surface area contributed by atoms with E-state index < -0.39 is 0 Å². The lowest BCUT2D eigenvalue weighted by molar-refractivity contribution is 0.174. The van der Waals surface area contributed by atoms with E-state index >= 15 is 0 Å². The van der Waals surface area contributed by atoms with Crippen molar-refractivity contribution in [2.75, 3.05) is 19.6 Å². The third kappa shape index (κ3) is 6.30. The van der Waals surface area contributed by atoms with Crippen LogP contribution in [0.3, 0.4) is 0 Å². The van der Waals surface area contributed by atoms with Crippen molar-refractivity contribution in [3.05, 3.63) is 35.4 Å². The van der Waals surface area contributed by atoms with Crippen LogP contribution < -0.4 is 11.1 Å². The lowest BCUT2D eigenvalue weighted by Crippen LogP contribution is -2.47. The van der Waals surface area contributed by atoms with Crippen LogP contribution >= 0.6 is 24.0 Å². The Kier molecular flexibility index (Phi) is 8.91. The molecule has 130 valence electrons.